The van der Waals surface area contributed by atoms with Crippen LogP contribution in [0, 0.1) is 0 Å². The number of rotatable bonds is 9. The lowest BCUT2D eigenvalue weighted by Crippen LogP contribution is -2.60. The van der Waals surface area contributed by atoms with E-state index in [-0.39, 0.29) is 52.5 Å². The van der Waals surface area contributed by atoms with Crippen LogP contribution in [0.3, 0.4) is 0 Å². The number of alkyl halides is 3. The Morgan fingerprint density at radius 3 is 2.25 bits per heavy atom. The van der Waals surface area contributed by atoms with Crippen molar-refractivity contribution < 1.29 is 35.1 Å². The van der Waals surface area contributed by atoms with Crippen LogP contribution in [0.4, 0.5) is 18.9 Å². The van der Waals surface area contributed by atoms with E-state index in [1.165, 1.54) is 63.5 Å². The molecule has 5 rings (SSSR count). The second-order valence-corrected chi connectivity index (χ2v) is 15.4. The maximum Gasteiger partial charge on any atom is 0.421 e. The van der Waals surface area contributed by atoms with Crippen LogP contribution in [-0.2, 0) is 25.6 Å². The smallest absolute Gasteiger partial charge is 0.376 e. The quantitative estimate of drug-likeness (QED) is 0.328. The molecule has 0 bridgehead atoms. The Kier molecular flexibility index (Phi) is 9.10. The molecule has 2 atom stereocenters. The molecule has 1 saturated heterocycles. The van der Waals surface area contributed by atoms with Gasteiger partial charge in [0.25, 0.3) is 0 Å². The number of thiol groups is 1. The van der Waals surface area contributed by atoms with Crippen molar-refractivity contribution in [3.05, 3.63) is 78.6 Å². The van der Waals surface area contributed by atoms with Gasteiger partial charge in [-0.05, 0) is 61.7 Å². The number of hydrogen-bond acceptors (Lipinski definition) is 8. The lowest BCUT2D eigenvalue weighted by molar-refractivity contribution is -0.258. The minimum Gasteiger partial charge on any atom is -0.376 e. The lowest BCUT2D eigenvalue weighted by atomic mass is 9.92. The van der Waals surface area contributed by atoms with E-state index < -0.39 is 37.9 Å². The van der Waals surface area contributed by atoms with Gasteiger partial charge in [-0.15, -0.1) is 12.6 Å². The van der Waals surface area contributed by atoms with Crippen LogP contribution in [0.15, 0.2) is 87.7 Å². The first kappa shape index (κ1) is 32.7. The van der Waals surface area contributed by atoms with Gasteiger partial charge >= 0.3 is 6.18 Å². The first-order chi connectivity index (χ1) is 20.6. The lowest BCUT2D eigenvalue weighted by Gasteiger charge is -2.46. The molecule has 238 valence electrons. The zero-order valence-electron chi connectivity index (χ0n) is 23.8. The Labute approximate surface area is 260 Å². The maximum atomic E-state index is 13.9. The number of benzene rings is 2. The molecule has 3 aromatic rings. The predicted molar refractivity (Wildman–Crippen MR) is 161 cm³/mol. The molecule has 2 fully saturated rings. The molecule has 1 aliphatic carbocycles. The van der Waals surface area contributed by atoms with Gasteiger partial charge in [-0.2, -0.15) is 21.8 Å². The zero-order chi connectivity index (χ0) is 31.9. The molecule has 0 radical (unpaired) electrons. The third kappa shape index (κ3) is 6.22. The number of piperazine rings is 1. The molecule has 15 heteroatoms. The van der Waals surface area contributed by atoms with Gasteiger partial charge in [0.1, 0.15) is 4.90 Å². The molecular weight excluding hydrogens is 638 g/mol. The summed E-state index contributed by atoms with van der Waals surface area (Å²) in [5.41, 5.74) is -2.96. The van der Waals surface area contributed by atoms with Gasteiger partial charge in [-0.25, -0.2) is 16.8 Å². The van der Waals surface area contributed by atoms with Gasteiger partial charge in [0, 0.05) is 55.2 Å². The molecule has 1 aliphatic heterocycles. The van der Waals surface area contributed by atoms with Gasteiger partial charge in [0.2, 0.25) is 20.0 Å². The molecule has 0 spiro atoms. The fourth-order valence-corrected chi connectivity index (χ4v) is 9.20. The second kappa shape index (κ2) is 12.2. The summed E-state index contributed by atoms with van der Waals surface area (Å²) in [4.78, 5) is 6.09. The van der Waals surface area contributed by atoms with Gasteiger partial charge in [-0.1, -0.05) is 30.7 Å². The number of anilines is 1. The Bertz CT molecular complexity index is 1690. The summed E-state index contributed by atoms with van der Waals surface area (Å²) >= 11 is 4.33. The van der Waals surface area contributed by atoms with Crippen LogP contribution in [0.1, 0.15) is 31.7 Å². The minimum atomic E-state index is -4.90. The van der Waals surface area contributed by atoms with Gasteiger partial charge in [0.05, 0.1) is 10.9 Å². The minimum absolute atomic E-state index is 0.0153. The normalized spacial score (nSPS) is 20.3. The third-order valence-corrected chi connectivity index (χ3v) is 12.7. The van der Waals surface area contributed by atoms with Gasteiger partial charge in [-0.3, -0.25) is 4.98 Å². The highest BCUT2D eigenvalue weighted by molar-refractivity contribution is 7.90. The maximum absolute atomic E-state index is 13.9. The first-order valence-corrected chi connectivity index (χ1v) is 17.3. The molecule has 2 heterocycles. The van der Waals surface area contributed by atoms with E-state index in [4.69, 9.17) is 0 Å². The van der Waals surface area contributed by atoms with Crippen molar-refractivity contribution in [3.8, 4) is 0 Å². The Hall–Kier alpha value is -2.69. The number of pyridine rings is 1. The zero-order valence-corrected chi connectivity index (χ0v) is 26.3. The van der Waals surface area contributed by atoms with Crippen LogP contribution >= 0.6 is 12.6 Å². The largest absolute Gasteiger partial charge is 0.421 e. The number of sulfonamides is 2. The molecule has 2 aromatic carbocycles. The van der Waals surface area contributed by atoms with Gasteiger partial charge in [0.15, 0.2) is 5.60 Å². The molecule has 2 aliphatic rings. The van der Waals surface area contributed by atoms with Crippen molar-refractivity contribution in [1.82, 2.24) is 13.6 Å². The van der Waals surface area contributed by atoms with E-state index in [1.54, 1.807) is 18.2 Å². The van der Waals surface area contributed by atoms with Crippen LogP contribution in [0.2, 0.25) is 0 Å². The molecule has 1 N–H and O–H groups in total. The standard InChI is InChI=1S/C29H33F3N4O5S3/c1-28(37,29(30,31)32)21-11-13-22(14-12-21)35-17-16-34(44(40,41)27-10-3-2-9-26(27)42)19-24(35)20-36(23-6-4-7-23)43(38,39)25-8-5-15-33-18-25/h2-3,5,8-15,18,23-24,37,42H,4,6-7,16-17,19-20H2,1H3/t24-,28-/m1/s1. The van der Waals surface area contributed by atoms with Crippen LogP contribution in [0.25, 0.3) is 0 Å². The summed E-state index contributed by atoms with van der Waals surface area (Å²) in [5.74, 6) is 0. The number of hydrogen-bond donors (Lipinski definition) is 2. The van der Waals surface area contributed by atoms with Crippen LogP contribution in [-0.4, -0.2) is 80.0 Å². The highest BCUT2D eigenvalue weighted by Crippen LogP contribution is 2.39. The fraction of sp³-hybridized carbons (Fsp3) is 0.414. The summed E-state index contributed by atoms with van der Waals surface area (Å²) in [5, 5.41) is 10.1. The summed E-state index contributed by atoms with van der Waals surface area (Å²) in [7, 11) is -8.03. The predicted octanol–water partition coefficient (Wildman–Crippen LogP) is 4.26. The average molecular weight is 671 g/mol. The van der Waals surface area contributed by atoms with E-state index in [1.807, 2.05) is 4.90 Å². The van der Waals surface area contributed by atoms with Crippen molar-refractivity contribution in [3.63, 3.8) is 0 Å². The van der Waals surface area contributed by atoms with E-state index in [9.17, 15) is 35.1 Å². The summed E-state index contributed by atoms with van der Waals surface area (Å²) in [6, 6.07) is 13.5. The summed E-state index contributed by atoms with van der Waals surface area (Å²) in [6.45, 7) is 0.699. The van der Waals surface area contributed by atoms with Crippen molar-refractivity contribution in [2.75, 3.05) is 31.1 Å². The molecular formula is C29H33F3N4O5S3. The molecule has 1 saturated carbocycles. The molecule has 44 heavy (non-hydrogen) atoms. The Balaban J connectivity index is 1.52. The molecule has 0 amide bonds. The van der Waals surface area contributed by atoms with Crippen LogP contribution < -0.4 is 4.90 Å². The number of aromatic nitrogens is 1. The summed E-state index contributed by atoms with van der Waals surface area (Å²) in [6.07, 6.45) is -0.0319. The molecule has 9 nitrogen and oxygen atoms in total. The topological polar surface area (TPSA) is 111 Å². The average Bonchev–Trinajstić information content (AvgIpc) is 2.96. The fourth-order valence-electron chi connectivity index (χ4n) is 5.46. The molecule has 1 aromatic heterocycles. The van der Waals surface area contributed by atoms with E-state index >= 15 is 0 Å². The Morgan fingerprint density at radius 2 is 1.68 bits per heavy atom. The van der Waals surface area contributed by atoms with Crippen molar-refractivity contribution in [2.45, 2.75) is 64.7 Å². The third-order valence-electron chi connectivity index (χ3n) is 8.36. The van der Waals surface area contributed by atoms with E-state index in [2.05, 4.69) is 17.6 Å². The molecule has 0 unspecified atom stereocenters. The SMILES string of the molecule is C[C@@](O)(c1ccc(N2CCN(S(=O)(=O)c3ccccc3S)C[C@@H]2CN(C2CCC2)S(=O)(=O)c2cccnc2)cc1)C(F)(F)F. The van der Waals surface area contributed by atoms with Crippen molar-refractivity contribution in [2.24, 2.45) is 0 Å². The number of halogens is 3. The van der Waals surface area contributed by atoms with E-state index in [0.29, 0.717) is 25.5 Å². The second-order valence-electron chi connectivity index (χ2n) is 11.1. The van der Waals surface area contributed by atoms with Crippen molar-refractivity contribution >= 4 is 38.4 Å². The first-order valence-electron chi connectivity index (χ1n) is 14.0. The number of aliphatic hydroxyl groups is 1. The Morgan fingerprint density at radius 1 is 1.00 bits per heavy atom. The highest BCUT2D eigenvalue weighted by Gasteiger charge is 2.51. The van der Waals surface area contributed by atoms with Crippen molar-refractivity contribution in [1.29, 1.82) is 0 Å². The van der Waals surface area contributed by atoms with Crippen LogP contribution in [0.5, 0.6) is 0 Å². The number of nitrogens with zero attached hydrogens (tertiary/aromatic N) is 4. The van der Waals surface area contributed by atoms with Gasteiger partial charge < -0.3 is 10.0 Å². The summed E-state index contributed by atoms with van der Waals surface area (Å²) < 4.78 is 98.3. The van der Waals surface area contributed by atoms with E-state index in [0.717, 1.165) is 6.42 Å². The monoisotopic (exact) mass is 670 g/mol. The highest BCUT2D eigenvalue weighted by atomic mass is 32.2.